The highest BCUT2D eigenvalue weighted by molar-refractivity contribution is 6.03. The Morgan fingerprint density at radius 2 is 1.79 bits per heavy atom. The Balaban J connectivity index is 1.75. The summed E-state index contributed by atoms with van der Waals surface area (Å²) in [6.07, 6.45) is -0.502. The number of aromatic nitrogens is 2. The van der Waals surface area contributed by atoms with Crippen LogP contribution in [0.4, 0.5) is 11.6 Å². The summed E-state index contributed by atoms with van der Waals surface area (Å²) in [4.78, 5) is 21.9. The number of guanidine groups is 1. The zero-order valence-electron chi connectivity index (χ0n) is 15.9. The number of rotatable bonds is 3. The van der Waals surface area contributed by atoms with Crippen LogP contribution >= 0.6 is 0 Å². The lowest BCUT2D eigenvalue weighted by Gasteiger charge is -2.27. The number of ether oxygens (including phenoxy) is 1. The summed E-state index contributed by atoms with van der Waals surface area (Å²) >= 11 is 0. The standard InChI is InChI=1S/C21H21N5O2/c1-13-4-6-15(7-5-13)19-24-20(23-16-8-10-17(28-3)11-9-16)25-21-22-14(2)12-18(27)26(19)21/h4-12,19H,1-3H3,(H2,22,23,24,25). The predicted molar refractivity (Wildman–Crippen MR) is 110 cm³/mol. The van der Waals surface area contributed by atoms with Crippen molar-refractivity contribution in [3.63, 3.8) is 0 Å². The molecule has 2 heterocycles. The van der Waals surface area contributed by atoms with Crippen molar-refractivity contribution in [1.82, 2.24) is 9.55 Å². The van der Waals surface area contributed by atoms with Gasteiger partial charge in [-0.25, -0.2) is 9.98 Å². The number of nitrogens with one attached hydrogen (secondary N) is 2. The largest absolute Gasteiger partial charge is 0.497 e. The minimum atomic E-state index is -0.502. The van der Waals surface area contributed by atoms with Gasteiger partial charge in [0, 0.05) is 17.4 Å². The lowest BCUT2D eigenvalue weighted by atomic mass is 10.1. The Morgan fingerprint density at radius 1 is 1.07 bits per heavy atom. The average molecular weight is 375 g/mol. The SMILES string of the molecule is COc1ccc(NC2=NC(c3ccc(C)cc3)n3c(nc(C)cc3=O)N2)cc1. The Hall–Kier alpha value is -3.61. The molecule has 0 amide bonds. The summed E-state index contributed by atoms with van der Waals surface area (Å²) in [7, 11) is 1.63. The molecule has 0 saturated carbocycles. The van der Waals surface area contributed by atoms with Crippen molar-refractivity contribution in [2.24, 2.45) is 4.99 Å². The van der Waals surface area contributed by atoms with E-state index in [1.807, 2.05) is 55.5 Å². The highest BCUT2D eigenvalue weighted by atomic mass is 16.5. The minimum absolute atomic E-state index is 0.146. The first-order valence-corrected chi connectivity index (χ1v) is 8.96. The second-order valence-corrected chi connectivity index (χ2v) is 6.67. The maximum atomic E-state index is 12.7. The third kappa shape index (κ3) is 3.46. The van der Waals surface area contributed by atoms with E-state index in [1.165, 1.54) is 6.07 Å². The molecule has 0 fully saturated rings. The smallest absolute Gasteiger partial charge is 0.257 e. The first-order valence-electron chi connectivity index (χ1n) is 8.96. The molecule has 0 spiro atoms. The lowest BCUT2D eigenvalue weighted by molar-refractivity contribution is 0.415. The Labute approximate surface area is 162 Å². The van der Waals surface area contributed by atoms with E-state index < -0.39 is 6.17 Å². The quantitative estimate of drug-likeness (QED) is 0.734. The van der Waals surface area contributed by atoms with Crippen molar-refractivity contribution >= 4 is 17.6 Å². The molecule has 0 bridgehead atoms. The molecule has 0 saturated heterocycles. The molecule has 7 nitrogen and oxygen atoms in total. The van der Waals surface area contributed by atoms with Crippen LogP contribution in [0.15, 0.2) is 64.4 Å². The van der Waals surface area contributed by atoms with Gasteiger partial charge in [0.1, 0.15) is 5.75 Å². The van der Waals surface area contributed by atoms with Crippen molar-refractivity contribution in [3.8, 4) is 5.75 Å². The van der Waals surface area contributed by atoms with E-state index in [2.05, 4.69) is 15.6 Å². The highest BCUT2D eigenvalue weighted by Crippen LogP contribution is 2.26. The number of hydrogen-bond acceptors (Lipinski definition) is 6. The molecule has 1 aliphatic heterocycles. The van der Waals surface area contributed by atoms with Crippen molar-refractivity contribution < 1.29 is 4.74 Å². The molecule has 1 aromatic heterocycles. The van der Waals surface area contributed by atoms with Crippen molar-refractivity contribution in [2.75, 3.05) is 17.7 Å². The summed E-state index contributed by atoms with van der Waals surface area (Å²) in [6.45, 7) is 3.82. The van der Waals surface area contributed by atoms with Gasteiger partial charge in [0.2, 0.25) is 11.9 Å². The third-order valence-electron chi connectivity index (χ3n) is 4.53. The van der Waals surface area contributed by atoms with Crippen LogP contribution < -0.4 is 20.9 Å². The van der Waals surface area contributed by atoms with E-state index in [1.54, 1.807) is 18.6 Å². The van der Waals surface area contributed by atoms with Crippen molar-refractivity contribution in [3.05, 3.63) is 81.8 Å². The second kappa shape index (κ2) is 7.19. The summed E-state index contributed by atoms with van der Waals surface area (Å²) in [6, 6.07) is 17.0. The summed E-state index contributed by atoms with van der Waals surface area (Å²) < 4.78 is 6.76. The molecule has 0 radical (unpaired) electrons. The molecular weight excluding hydrogens is 354 g/mol. The maximum absolute atomic E-state index is 12.7. The molecule has 7 heteroatoms. The molecule has 0 aliphatic carbocycles. The van der Waals surface area contributed by atoms with Gasteiger partial charge in [-0.05, 0) is 43.7 Å². The molecular formula is C21H21N5O2. The molecule has 1 atom stereocenters. The number of aryl methyl sites for hydroxylation is 2. The van der Waals surface area contributed by atoms with Crippen LogP contribution in [-0.2, 0) is 0 Å². The van der Waals surface area contributed by atoms with E-state index in [9.17, 15) is 4.79 Å². The van der Waals surface area contributed by atoms with Gasteiger partial charge in [-0.2, -0.15) is 0 Å². The van der Waals surface area contributed by atoms with Crippen LogP contribution in [0.3, 0.4) is 0 Å². The Kier molecular flexibility index (Phi) is 4.57. The van der Waals surface area contributed by atoms with Crippen LogP contribution in [0.5, 0.6) is 5.75 Å². The number of methoxy groups -OCH3 is 1. The zero-order chi connectivity index (χ0) is 19.7. The van der Waals surface area contributed by atoms with E-state index in [0.29, 0.717) is 17.6 Å². The maximum Gasteiger partial charge on any atom is 0.257 e. The van der Waals surface area contributed by atoms with Crippen LogP contribution in [-0.4, -0.2) is 22.6 Å². The van der Waals surface area contributed by atoms with Gasteiger partial charge < -0.3 is 10.1 Å². The number of fused-ring (bicyclic) bond motifs is 1. The molecule has 2 aromatic carbocycles. The minimum Gasteiger partial charge on any atom is -0.497 e. The van der Waals surface area contributed by atoms with Crippen molar-refractivity contribution in [1.29, 1.82) is 0 Å². The van der Waals surface area contributed by atoms with Crippen LogP contribution in [0.1, 0.15) is 23.0 Å². The van der Waals surface area contributed by atoms with E-state index >= 15 is 0 Å². The fraction of sp³-hybridized carbons (Fsp3) is 0.190. The number of hydrogen-bond donors (Lipinski definition) is 2. The molecule has 142 valence electrons. The third-order valence-corrected chi connectivity index (χ3v) is 4.53. The fourth-order valence-corrected chi connectivity index (χ4v) is 3.09. The second-order valence-electron chi connectivity index (χ2n) is 6.67. The number of nitrogens with zero attached hydrogens (tertiary/aromatic N) is 3. The van der Waals surface area contributed by atoms with Gasteiger partial charge >= 0.3 is 0 Å². The zero-order valence-corrected chi connectivity index (χ0v) is 15.9. The van der Waals surface area contributed by atoms with Gasteiger partial charge in [0.25, 0.3) is 5.56 Å². The summed E-state index contributed by atoms with van der Waals surface area (Å²) in [5, 5.41) is 6.38. The van der Waals surface area contributed by atoms with Crippen LogP contribution in [0, 0.1) is 13.8 Å². The summed E-state index contributed by atoms with van der Waals surface area (Å²) in [5.41, 5.74) is 3.41. The first kappa shape index (κ1) is 17.8. The number of aliphatic imine (C=N–C) groups is 1. The van der Waals surface area contributed by atoms with Crippen LogP contribution in [0.25, 0.3) is 0 Å². The Morgan fingerprint density at radius 3 is 2.46 bits per heavy atom. The molecule has 4 rings (SSSR count). The van der Waals surface area contributed by atoms with Crippen LogP contribution in [0.2, 0.25) is 0 Å². The summed E-state index contributed by atoms with van der Waals surface area (Å²) in [5.74, 6) is 1.76. The monoisotopic (exact) mass is 375 g/mol. The van der Waals surface area contributed by atoms with Gasteiger partial charge in [-0.15, -0.1) is 0 Å². The number of anilines is 2. The molecule has 3 aromatic rings. The van der Waals surface area contributed by atoms with E-state index in [-0.39, 0.29) is 5.56 Å². The lowest BCUT2D eigenvalue weighted by Crippen LogP contribution is -2.37. The van der Waals surface area contributed by atoms with Crippen molar-refractivity contribution in [2.45, 2.75) is 20.0 Å². The van der Waals surface area contributed by atoms with Gasteiger partial charge in [-0.3, -0.25) is 14.7 Å². The van der Waals surface area contributed by atoms with Gasteiger partial charge in [-0.1, -0.05) is 29.8 Å². The van der Waals surface area contributed by atoms with E-state index in [0.717, 1.165) is 22.6 Å². The molecule has 28 heavy (non-hydrogen) atoms. The topological polar surface area (TPSA) is 80.5 Å². The Bertz CT molecular complexity index is 1090. The van der Waals surface area contributed by atoms with Gasteiger partial charge in [0.05, 0.1) is 7.11 Å². The molecule has 1 aliphatic rings. The highest BCUT2D eigenvalue weighted by Gasteiger charge is 2.25. The average Bonchev–Trinajstić information content (AvgIpc) is 2.68. The van der Waals surface area contributed by atoms with Gasteiger partial charge in [0.15, 0.2) is 6.17 Å². The normalized spacial score (nSPS) is 15.2. The molecule has 2 N–H and O–H groups in total. The first-order chi connectivity index (χ1) is 13.5. The predicted octanol–water partition coefficient (Wildman–Crippen LogP) is 3.31. The fourth-order valence-electron chi connectivity index (χ4n) is 3.09. The molecule has 1 unspecified atom stereocenters. The number of benzene rings is 2. The van der Waals surface area contributed by atoms with E-state index in [4.69, 9.17) is 9.73 Å².